The second kappa shape index (κ2) is 8.06. The van der Waals surface area contributed by atoms with Crippen molar-refractivity contribution >= 4 is 12.2 Å². The summed E-state index contributed by atoms with van der Waals surface area (Å²) < 4.78 is 5.12. The molecule has 0 heterocycles. The Morgan fingerprint density at radius 3 is 1.90 bits per heavy atom. The normalized spacial score (nSPS) is 12.2. The number of ether oxygens (including phenoxy) is 1. The number of rotatable bonds is 5. The summed E-state index contributed by atoms with van der Waals surface area (Å²) in [5.74, 6) is -0.609. The smallest absolute Gasteiger partial charge is 0.160 e. The van der Waals surface area contributed by atoms with Gasteiger partial charge in [0.2, 0.25) is 0 Å². The van der Waals surface area contributed by atoms with E-state index < -0.39 is 0 Å². The van der Waals surface area contributed by atoms with Gasteiger partial charge in [0.15, 0.2) is 23.0 Å². The van der Waals surface area contributed by atoms with Crippen LogP contribution in [0.2, 0.25) is 0 Å². The minimum atomic E-state index is -0.350. The van der Waals surface area contributed by atoms with Crippen molar-refractivity contribution in [1.29, 1.82) is 0 Å². The molecule has 150 valence electrons. The Labute approximate surface area is 168 Å². The van der Waals surface area contributed by atoms with Crippen LogP contribution >= 0.6 is 0 Å². The molecule has 3 rings (SSSR count). The van der Waals surface area contributed by atoms with Crippen molar-refractivity contribution in [3.8, 4) is 34.5 Å². The number of phenols is 5. The summed E-state index contributed by atoms with van der Waals surface area (Å²) in [5, 5.41) is 49.7. The van der Waals surface area contributed by atoms with E-state index in [9.17, 15) is 25.5 Å². The van der Waals surface area contributed by atoms with E-state index in [1.165, 1.54) is 37.4 Å². The van der Waals surface area contributed by atoms with Crippen LogP contribution in [0.5, 0.6) is 34.5 Å². The molecule has 0 aliphatic rings. The number of hydrogen-bond acceptors (Lipinski definition) is 6. The highest BCUT2D eigenvalue weighted by Crippen LogP contribution is 2.41. The maximum atomic E-state index is 10.5. The van der Waals surface area contributed by atoms with Gasteiger partial charge in [-0.2, -0.15) is 0 Å². The summed E-state index contributed by atoms with van der Waals surface area (Å²) in [5.41, 5.74) is 2.32. The first-order valence-electron chi connectivity index (χ1n) is 8.93. The molecule has 5 N–H and O–H groups in total. The molecule has 0 saturated carbocycles. The minimum Gasteiger partial charge on any atom is -0.507 e. The maximum absolute atomic E-state index is 10.5. The highest BCUT2D eigenvalue weighted by Gasteiger charge is 2.19. The Morgan fingerprint density at radius 2 is 1.28 bits per heavy atom. The first-order valence-corrected chi connectivity index (χ1v) is 8.93. The molecule has 0 aliphatic carbocycles. The van der Waals surface area contributed by atoms with Crippen LogP contribution in [0.25, 0.3) is 12.2 Å². The van der Waals surface area contributed by atoms with Crippen LogP contribution in [-0.2, 0) is 0 Å². The molecular weight excluding hydrogens is 372 g/mol. The second-order valence-electron chi connectivity index (χ2n) is 6.71. The lowest BCUT2D eigenvalue weighted by Gasteiger charge is -2.17. The highest BCUT2D eigenvalue weighted by molar-refractivity contribution is 5.73. The largest absolute Gasteiger partial charge is 0.507 e. The van der Waals surface area contributed by atoms with Crippen LogP contribution < -0.4 is 4.74 Å². The van der Waals surface area contributed by atoms with Gasteiger partial charge in [-0.15, -0.1) is 0 Å². The molecule has 0 spiro atoms. The van der Waals surface area contributed by atoms with Gasteiger partial charge in [0.25, 0.3) is 0 Å². The van der Waals surface area contributed by atoms with Crippen LogP contribution in [0.15, 0.2) is 48.5 Å². The van der Waals surface area contributed by atoms with E-state index in [0.29, 0.717) is 22.4 Å². The maximum Gasteiger partial charge on any atom is 0.160 e. The van der Waals surface area contributed by atoms with Gasteiger partial charge in [0.1, 0.15) is 11.5 Å². The molecule has 0 aliphatic heterocycles. The molecule has 29 heavy (non-hydrogen) atoms. The molecule has 0 aromatic heterocycles. The fourth-order valence-corrected chi connectivity index (χ4v) is 3.15. The lowest BCUT2D eigenvalue weighted by atomic mass is 9.90. The lowest BCUT2D eigenvalue weighted by molar-refractivity contribution is 0.372. The third kappa shape index (κ3) is 4.21. The minimum absolute atomic E-state index is 0.0117. The summed E-state index contributed by atoms with van der Waals surface area (Å²) in [6.07, 6.45) is 3.35. The van der Waals surface area contributed by atoms with Gasteiger partial charge in [-0.1, -0.05) is 31.2 Å². The van der Waals surface area contributed by atoms with Crippen molar-refractivity contribution in [2.75, 3.05) is 7.11 Å². The Morgan fingerprint density at radius 1 is 0.690 bits per heavy atom. The van der Waals surface area contributed by atoms with Crippen molar-refractivity contribution in [1.82, 2.24) is 0 Å². The molecular formula is C23H22O6. The summed E-state index contributed by atoms with van der Waals surface area (Å²) >= 11 is 0. The fraction of sp³-hybridized carbons (Fsp3) is 0.130. The topological polar surface area (TPSA) is 110 Å². The van der Waals surface area contributed by atoms with Gasteiger partial charge in [0, 0.05) is 11.5 Å². The Balaban J connectivity index is 1.91. The van der Waals surface area contributed by atoms with Crippen LogP contribution in [-0.4, -0.2) is 32.6 Å². The molecule has 0 radical (unpaired) electrons. The molecule has 0 amide bonds. The summed E-state index contributed by atoms with van der Waals surface area (Å²) in [7, 11) is 1.45. The van der Waals surface area contributed by atoms with Crippen LogP contribution in [0, 0.1) is 0 Å². The third-order valence-corrected chi connectivity index (χ3v) is 4.76. The molecule has 0 saturated heterocycles. The molecule has 0 bridgehead atoms. The number of methoxy groups -OCH3 is 1. The number of hydrogen-bond donors (Lipinski definition) is 5. The van der Waals surface area contributed by atoms with Gasteiger partial charge in [0.05, 0.1) is 7.11 Å². The first-order chi connectivity index (χ1) is 13.8. The van der Waals surface area contributed by atoms with Crippen LogP contribution in [0.3, 0.4) is 0 Å². The van der Waals surface area contributed by atoms with Gasteiger partial charge >= 0.3 is 0 Å². The molecule has 6 nitrogen and oxygen atoms in total. The van der Waals surface area contributed by atoms with E-state index in [1.807, 2.05) is 6.92 Å². The quantitative estimate of drug-likeness (QED) is 0.321. The molecule has 0 fully saturated rings. The predicted octanol–water partition coefficient (Wildman–Crippen LogP) is 4.55. The summed E-state index contributed by atoms with van der Waals surface area (Å²) in [4.78, 5) is 0. The number of benzene rings is 3. The SMILES string of the molecule is COc1cc(C(C)c2c(O)cc(C=Cc3ccc(O)c(O)c3)cc2O)ccc1O. The molecule has 3 aromatic carbocycles. The van der Waals surface area contributed by atoms with Crippen molar-refractivity contribution in [2.24, 2.45) is 0 Å². The number of phenolic OH excluding ortho intramolecular Hbond substituents is 5. The van der Waals surface area contributed by atoms with Gasteiger partial charge < -0.3 is 30.3 Å². The molecule has 1 unspecified atom stereocenters. The first kappa shape index (κ1) is 19.9. The van der Waals surface area contributed by atoms with Crippen molar-refractivity contribution in [3.05, 3.63) is 70.8 Å². The monoisotopic (exact) mass is 394 g/mol. The van der Waals surface area contributed by atoms with Crippen LogP contribution in [0.1, 0.15) is 35.1 Å². The zero-order valence-electron chi connectivity index (χ0n) is 16.0. The fourth-order valence-electron chi connectivity index (χ4n) is 3.15. The average molecular weight is 394 g/mol. The lowest BCUT2D eigenvalue weighted by Crippen LogP contribution is -1.99. The van der Waals surface area contributed by atoms with E-state index in [1.54, 1.807) is 30.4 Å². The van der Waals surface area contributed by atoms with Gasteiger partial charge in [-0.3, -0.25) is 0 Å². The Hall–Kier alpha value is -3.80. The molecule has 1 atom stereocenters. The standard InChI is InChI=1S/C23H22O6/c1-13(16-6-8-18(25)22(12-16)29-2)23-20(27)10-15(11-21(23)28)4-3-14-5-7-17(24)19(26)9-14/h3-13,24-28H,1-2H3. The van der Waals surface area contributed by atoms with E-state index in [0.717, 1.165) is 5.56 Å². The van der Waals surface area contributed by atoms with Crippen molar-refractivity contribution in [2.45, 2.75) is 12.8 Å². The average Bonchev–Trinajstić information content (AvgIpc) is 2.68. The summed E-state index contributed by atoms with van der Waals surface area (Å²) in [6, 6.07) is 12.3. The van der Waals surface area contributed by atoms with Crippen LogP contribution in [0.4, 0.5) is 0 Å². The highest BCUT2D eigenvalue weighted by atomic mass is 16.5. The molecule has 6 heteroatoms. The van der Waals surface area contributed by atoms with Crippen molar-refractivity contribution < 1.29 is 30.3 Å². The second-order valence-corrected chi connectivity index (χ2v) is 6.71. The predicted molar refractivity (Wildman–Crippen MR) is 111 cm³/mol. The number of aromatic hydroxyl groups is 5. The molecule has 3 aromatic rings. The van der Waals surface area contributed by atoms with E-state index in [4.69, 9.17) is 4.74 Å². The summed E-state index contributed by atoms with van der Waals surface area (Å²) in [6.45, 7) is 1.83. The van der Waals surface area contributed by atoms with Gasteiger partial charge in [-0.25, -0.2) is 0 Å². The Bertz CT molecular complexity index is 1050. The van der Waals surface area contributed by atoms with Gasteiger partial charge in [-0.05, 0) is 53.1 Å². The van der Waals surface area contributed by atoms with E-state index in [-0.39, 0.29) is 34.7 Å². The third-order valence-electron chi connectivity index (χ3n) is 4.76. The zero-order valence-corrected chi connectivity index (χ0v) is 16.0. The Kier molecular flexibility index (Phi) is 5.54. The zero-order chi connectivity index (χ0) is 21.1. The van der Waals surface area contributed by atoms with Crippen molar-refractivity contribution in [3.63, 3.8) is 0 Å². The van der Waals surface area contributed by atoms with E-state index in [2.05, 4.69) is 0 Å². The van der Waals surface area contributed by atoms with E-state index >= 15 is 0 Å².